The van der Waals surface area contributed by atoms with Crippen molar-refractivity contribution in [3.63, 3.8) is 0 Å². The molecule has 2 N–H and O–H groups in total. The van der Waals surface area contributed by atoms with Crippen LogP contribution in [0.25, 0.3) is 20.4 Å². The summed E-state index contributed by atoms with van der Waals surface area (Å²) in [7, 11) is 3.66. The SMILES string of the molecule is CN(C)C(=O)[C@H]1CCc2c(sc3ncnc(Nc4ccc5[nH]sc5c4)c23)C1. The van der Waals surface area contributed by atoms with E-state index >= 15 is 0 Å². The molecule has 1 aromatic carbocycles. The molecule has 5 rings (SSSR count). The Balaban J connectivity index is 1.51. The molecule has 3 heterocycles. The van der Waals surface area contributed by atoms with E-state index < -0.39 is 0 Å². The van der Waals surface area contributed by atoms with Crippen LogP contribution in [0.1, 0.15) is 16.9 Å². The lowest BCUT2D eigenvalue weighted by Gasteiger charge is -2.24. The van der Waals surface area contributed by atoms with E-state index in [9.17, 15) is 4.79 Å². The third-order valence-electron chi connectivity index (χ3n) is 5.15. The fourth-order valence-corrected chi connectivity index (χ4v) is 5.68. The number of carbonyl (C=O) groups is 1. The molecule has 0 aliphatic heterocycles. The Labute approximate surface area is 164 Å². The summed E-state index contributed by atoms with van der Waals surface area (Å²) in [6, 6.07) is 6.27. The monoisotopic (exact) mass is 397 g/mol. The van der Waals surface area contributed by atoms with Crippen LogP contribution in [0, 0.1) is 5.92 Å². The van der Waals surface area contributed by atoms with E-state index in [1.165, 1.54) is 20.7 Å². The number of amides is 1. The van der Waals surface area contributed by atoms with E-state index in [0.717, 1.165) is 41.0 Å². The molecule has 4 aromatic rings. The van der Waals surface area contributed by atoms with Crippen LogP contribution in [-0.4, -0.2) is 39.2 Å². The van der Waals surface area contributed by atoms with Gasteiger partial charge >= 0.3 is 0 Å². The standard InChI is InChI=1S/C19H19N5OS2/c1-24(2)19(25)10-3-5-12-14(7-10)26-18-16(12)17(20-9-21-18)22-11-4-6-13-15(8-11)27-23-13/h4,6,8-10,23H,3,5,7H2,1-2H3,(H,20,21,22)/t10-/m0/s1. The largest absolute Gasteiger partial charge is 0.349 e. The van der Waals surface area contributed by atoms with Gasteiger partial charge in [-0.2, -0.15) is 0 Å². The number of hydrogen-bond donors (Lipinski definition) is 2. The summed E-state index contributed by atoms with van der Waals surface area (Å²) in [6.45, 7) is 0. The van der Waals surface area contributed by atoms with Gasteiger partial charge in [-0.25, -0.2) is 9.97 Å². The number of carbonyl (C=O) groups excluding carboxylic acids is 1. The molecule has 6 nitrogen and oxygen atoms in total. The van der Waals surface area contributed by atoms with Crippen LogP contribution in [0.5, 0.6) is 0 Å². The first-order valence-electron chi connectivity index (χ1n) is 8.90. The summed E-state index contributed by atoms with van der Waals surface area (Å²) in [4.78, 5) is 25.4. The molecule has 138 valence electrons. The van der Waals surface area contributed by atoms with Gasteiger partial charge in [0.05, 0.1) is 15.6 Å². The summed E-state index contributed by atoms with van der Waals surface area (Å²) >= 11 is 3.33. The Bertz CT molecular complexity index is 1160. The highest BCUT2D eigenvalue weighted by molar-refractivity contribution is 7.19. The quantitative estimate of drug-likeness (QED) is 0.544. The van der Waals surface area contributed by atoms with Crippen LogP contribution in [0.15, 0.2) is 24.5 Å². The zero-order valence-electron chi connectivity index (χ0n) is 15.1. The van der Waals surface area contributed by atoms with E-state index in [-0.39, 0.29) is 11.8 Å². The number of thiophene rings is 1. The second kappa shape index (κ2) is 6.31. The number of rotatable bonds is 3. The van der Waals surface area contributed by atoms with Crippen molar-refractivity contribution in [3.8, 4) is 0 Å². The molecule has 0 bridgehead atoms. The molecular formula is C19H19N5OS2. The number of aromatic amines is 1. The molecule has 1 atom stereocenters. The summed E-state index contributed by atoms with van der Waals surface area (Å²) < 4.78 is 4.44. The molecule has 0 saturated carbocycles. The van der Waals surface area contributed by atoms with Gasteiger partial charge in [0.25, 0.3) is 0 Å². The summed E-state index contributed by atoms with van der Waals surface area (Å²) in [5.41, 5.74) is 3.50. The predicted molar refractivity (Wildman–Crippen MR) is 111 cm³/mol. The minimum absolute atomic E-state index is 0.0717. The minimum Gasteiger partial charge on any atom is -0.349 e. The molecule has 3 aromatic heterocycles. The number of aromatic nitrogens is 3. The van der Waals surface area contributed by atoms with Gasteiger partial charge in [-0.15, -0.1) is 11.3 Å². The van der Waals surface area contributed by atoms with Crippen LogP contribution in [0.2, 0.25) is 0 Å². The molecule has 1 aliphatic rings. The summed E-state index contributed by atoms with van der Waals surface area (Å²) in [5.74, 6) is 1.14. The number of aryl methyl sites for hydroxylation is 1. The first kappa shape index (κ1) is 16.7. The normalized spacial score (nSPS) is 16.6. The maximum absolute atomic E-state index is 12.4. The van der Waals surface area contributed by atoms with Gasteiger partial charge in [-0.3, -0.25) is 4.79 Å². The first-order valence-corrected chi connectivity index (χ1v) is 10.5. The highest BCUT2D eigenvalue weighted by Crippen LogP contribution is 2.40. The van der Waals surface area contributed by atoms with Gasteiger partial charge in [0, 0.05) is 30.6 Å². The van der Waals surface area contributed by atoms with Crippen molar-refractivity contribution < 1.29 is 4.79 Å². The van der Waals surface area contributed by atoms with Gasteiger partial charge < -0.3 is 14.6 Å². The Morgan fingerprint density at radius 1 is 1.33 bits per heavy atom. The number of nitrogens with one attached hydrogen (secondary N) is 2. The average Bonchev–Trinajstić information content (AvgIpc) is 3.02. The molecule has 27 heavy (non-hydrogen) atoms. The number of hydrogen-bond acceptors (Lipinski definition) is 6. The number of anilines is 2. The molecule has 0 fully saturated rings. The van der Waals surface area contributed by atoms with Crippen molar-refractivity contribution in [2.45, 2.75) is 19.3 Å². The summed E-state index contributed by atoms with van der Waals surface area (Å²) in [5, 5.41) is 4.59. The Hall–Kier alpha value is -2.45. The highest BCUT2D eigenvalue weighted by Gasteiger charge is 2.29. The van der Waals surface area contributed by atoms with E-state index in [1.54, 1.807) is 34.1 Å². The maximum Gasteiger partial charge on any atom is 0.225 e. The van der Waals surface area contributed by atoms with E-state index in [0.29, 0.717) is 0 Å². The average molecular weight is 398 g/mol. The van der Waals surface area contributed by atoms with E-state index in [4.69, 9.17) is 0 Å². The molecule has 0 spiro atoms. The van der Waals surface area contributed by atoms with Crippen molar-refractivity contribution in [2.75, 3.05) is 19.4 Å². The van der Waals surface area contributed by atoms with Crippen LogP contribution < -0.4 is 5.32 Å². The second-order valence-corrected chi connectivity index (χ2v) is 9.05. The molecule has 0 unspecified atom stereocenters. The Morgan fingerprint density at radius 2 is 2.22 bits per heavy atom. The van der Waals surface area contributed by atoms with Gasteiger partial charge in [0.15, 0.2) is 0 Å². The van der Waals surface area contributed by atoms with Crippen LogP contribution in [0.3, 0.4) is 0 Å². The molecule has 1 amide bonds. The van der Waals surface area contributed by atoms with Crippen molar-refractivity contribution >= 4 is 60.7 Å². The van der Waals surface area contributed by atoms with Crippen molar-refractivity contribution in [2.24, 2.45) is 5.92 Å². The maximum atomic E-state index is 12.4. The fraction of sp³-hybridized carbons (Fsp3) is 0.316. The van der Waals surface area contributed by atoms with Crippen molar-refractivity contribution in [1.82, 2.24) is 19.2 Å². The molecule has 0 saturated heterocycles. The third-order valence-corrected chi connectivity index (χ3v) is 7.19. The molecule has 8 heteroatoms. The lowest BCUT2D eigenvalue weighted by Crippen LogP contribution is -2.32. The van der Waals surface area contributed by atoms with Gasteiger partial charge in [-0.05, 0) is 43.0 Å². The molecular weight excluding hydrogens is 378 g/mol. The zero-order chi connectivity index (χ0) is 18.5. The predicted octanol–water partition coefficient (Wildman–Crippen LogP) is 4.17. The Morgan fingerprint density at radius 3 is 2.96 bits per heavy atom. The number of nitrogens with zero attached hydrogens (tertiary/aromatic N) is 3. The summed E-state index contributed by atoms with van der Waals surface area (Å²) in [6.07, 6.45) is 4.19. The fourth-order valence-electron chi connectivity index (χ4n) is 3.75. The van der Waals surface area contributed by atoms with Crippen LogP contribution in [0.4, 0.5) is 11.5 Å². The number of fused-ring (bicyclic) bond motifs is 4. The lowest BCUT2D eigenvalue weighted by molar-refractivity contribution is -0.133. The highest BCUT2D eigenvalue weighted by atomic mass is 32.1. The zero-order valence-corrected chi connectivity index (χ0v) is 16.7. The van der Waals surface area contributed by atoms with Gasteiger partial charge in [-0.1, -0.05) is 11.5 Å². The second-order valence-electron chi connectivity index (χ2n) is 7.12. The topological polar surface area (TPSA) is 73.9 Å². The lowest BCUT2D eigenvalue weighted by atomic mass is 9.87. The van der Waals surface area contributed by atoms with Crippen LogP contribution >= 0.6 is 22.9 Å². The Kier molecular flexibility index (Phi) is 3.91. The first-order chi connectivity index (χ1) is 13.1. The number of benzene rings is 1. The molecule has 1 aliphatic carbocycles. The third kappa shape index (κ3) is 2.80. The van der Waals surface area contributed by atoms with E-state index in [2.05, 4.69) is 37.9 Å². The molecule has 0 radical (unpaired) electrons. The number of H-pyrrole nitrogens is 1. The van der Waals surface area contributed by atoms with E-state index in [1.807, 2.05) is 14.1 Å². The van der Waals surface area contributed by atoms with Crippen LogP contribution in [-0.2, 0) is 17.6 Å². The van der Waals surface area contributed by atoms with Gasteiger partial charge in [0.2, 0.25) is 5.91 Å². The van der Waals surface area contributed by atoms with Crippen molar-refractivity contribution in [1.29, 1.82) is 0 Å². The van der Waals surface area contributed by atoms with Crippen molar-refractivity contribution in [3.05, 3.63) is 35.0 Å². The minimum atomic E-state index is 0.0717. The smallest absolute Gasteiger partial charge is 0.225 e. The van der Waals surface area contributed by atoms with Gasteiger partial charge in [0.1, 0.15) is 17.0 Å².